The molecule has 0 bridgehead atoms. The lowest BCUT2D eigenvalue weighted by molar-refractivity contribution is -0.147. The van der Waals surface area contributed by atoms with Crippen LogP contribution in [0.3, 0.4) is 0 Å². The van der Waals surface area contributed by atoms with Crippen LogP contribution in [0.2, 0.25) is 0 Å². The number of thioether (sulfide) groups is 1. The number of imidazole rings is 1. The number of halogens is 3. The average molecular weight is 377 g/mol. The normalized spacial score (nSPS) is 14.5. The quantitative estimate of drug-likeness (QED) is 0.672. The van der Waals surface area contributed by atoms with Crippen molar-refractivity contribution in [2.24, 2.45) is 0 Å². The van der Waals surface area contributed by atoms with Gasteiger partial charge < -0.3 is 9.47 Å². The topological polar surface area (TPSA) is 38.1 Å². The minimum atomic E-state index is -4.63. The highest BCUT2D eigenvalue weighted by Gasteiger charge is 2.38. The second-order valence-corrected chi connectivity index (χ2v) is 7.01. The zero-order valence-electron chi connectivity index (χ0n) is 13.5. The van der Waals surface area contributed by atoms with Gasteiger partial charge in [-0.3, -0.25) is 4.79 Å². The number of fused-ring (bicyclic) bond motifs is 2. The van der Waals surface area contributed by atoms with Crippen LogP contribution in [-0.2, 0) is 17.5 Å². The second-order valence-electron chi connectivity index (χ2n) is 5.87. The van der Waals surface area contributed by atoms with Gasteiger partial charge in [0.15, 0.2) is 0 Å². The molecule has 4 nitrogen and oxygen atoms in total. The number of nitrogens with zero attached hydrogens (tertiary/aromatic N) is 3. The molecule has 134 valence electrons. The minimum Gasteiger partial charge on any atom is -0.311 e. The highest BCUT2D eigenvalue weighted by molar-refractivity contribution is 7.99. The monoisotopic (exact) mass is 377 g/mol. The first kappa shape index (κ1) is 17.0. The maximum Gasteiger partial charge on any atom is 0.449 e. The molecule has 2 heterocycles. The Hall–Kier alpha value is -2.48. The van der Waals surface area contributed by atoms with E-state index in [1.807, 2.05) is 24.3 Å². The van der Waals surface area contributed by atoms with Gasteiger partial charge in [-0.1, -0.05) is 24.3 Å². The van der Waals surface area contributed by atoms with Crippen LogP contribution >= 0.6 is 11.8 Å². The van der Waals surface area contributed by atoms with Gasteiger partial charge in [-0.15, -0.1) is 11.8 Å². The van der Waals surface area contributed by atoms with Gasteiger partial charge in [0.1, 0.15) is 6.54 Å². The summed E-state index contributed by atoms with van der Waals surface area (Å²) >= 11 is 1.63. The van der Waals surface area contributed by atoms with E-state index in [0.717, 1.165) is 15.1 Å². The molecule has 4 rings (SSSR count). The lowest BCUT2D eigenvalue weighted by Crippen LogP contribution is -2.38. The fourth-order valence-electron chi connectivity index (χ4n) is 3.10. The smallest absolute Gasteiger partial charge is 0.311 e. The summed E-state index contributed by atoms with van der Waals surface area (Å²) in [4.78, 5) is 19.1. The van der Waals surface area contributed by atoms with Crippen molar-refractivity contribution in [1.82, 2.24) is 9.55 Å². The van der Waals surface area contributed by atoms with E-state index in [1.54, 1.807) is 34.9 Å². The van der Waals surface area contributed by atoms with Gasteiger partial charge in [-0.2, -0.15) is 13.2 Å². The van der Waals surface area contributed by atoms with Crippen molar-refractivity contribution in [1.29, 1.82) is 0 Å². The molecule has 0 spiro atoms. The Kier molecular flexibility index (Phi) is 4.14. The number of carbonyl (C=O) groups excluding carboxylic acids is 1. The van der Waals surface area contributed by atoms with E-state index in [4.69, 9.17) is 0 Å². The molecule has 1 aliphatic heterocycles. The summed E-state index contributed by atoms with van der Waals surface area (Å²) in [7, 11) is 0. The van der Waals surface area contributed by atoms with Crippen LogP contribution in [0.1, 0.15) is 5.82 Å². The molecule has 0 saturated heterocycles. The lowest BCUT2D eigenvalue weighted by atomic mass is 10.2. The van der Waals surface area contributed by atoms with Crippen molar-refractivity contribution in [3.05, 3.63) is 54.4 Å². The van der Waals surface area contributed by atoms with Crippen molar-refractivity contribution < 1.29 is 18.0 Å². The van der Waals surface area contributed by atoms with E-state index in [9.17, 15) is 18.0 Å². The summed E-state index contributed by atoms with van der Waals surface area (Å²) in [6.07, 6.45) is -4.63. The maximum atomic E-state index is 13.4. The van der Waals surface area contributed by atoms with Crippen LogP contribution in [0.25, 0.3) is 11.0 Å². The summed E-state index contributed by atoms with van der Waals surface area (Å²) in [5.74, 6) is -0.724. The zero-order chi connectivity index (χ0) is 18.3. The fourth-order valence-corrected chi connectivity index (χ4v) is 4.10. The highest BCUT2D eigenvalue weighted by atomic mass is 32.2. The molecule has 0 atom stereocenters. The van der Waals surface area contributed by atoms with Crippen LogP contribution in [-0.4, -0.2) is 27.8 Å². The number of anilines is 1. The van der Waals surface area contributed by atoms with Crippen LogP contribution < -0.4 is 4.90 Å². The van der Waals surface area contributed by atoms with Gasteiger partial charge in [-0.05, 0) is 24.3 Å². The zero-order valence-corrected chi connectivity index (χ0v) is 14.3. The first-order chi connectivity index (χ1) is 12.4. The first-order valence-corrected chi connectivity index (χ1v) is 8.98. The highest BCUT2D eigenvalue weighted by Crippen LogP contribution is 2.35. The molecule has 2 aromatic carbocycles. The average Bonchev–Trinajstić information content (AvgIpc) is 3.00. The Morgan fingerprint density at radius 1 is 1.12 bits per heavy atom. The summed E-state index contributed by atoms with van der Waals surface area (Å²) in [5.41, 5.74) is 1.27. The van der Waals surface area contributed by atoms with E-state index in [2.05, 4.69) is 4.98 Å². The summed E-state index contributed by atoms with van der Waals surface area (Å²) in [5, 5.41) is 0. The fraction of sp³-hybridized carbons (Fsp3) is 0.222. The molecule has 3 aromatic rings. The number of rotatable bonds is 2. The number of hydrogen-bond donors (Lipinski definition) is 0. The van der Waals surface area contributed by atoms with Gasteiger partial charge in [0.2, 0.25) is 11.7 Å². The standard InChI is InChI=1S/C18H14F3N3OS/c19-18(20,21)17-22-12-5-1-2-6-13(12)24(17)11-16(25)23-9-10-26-15-8-4-3-7-14(15)23/h1-8H,9-11H2. The van der Waals surface area contributed by atoms with Crippen molar-refractivity contribution in [3.63, 3.8) is 0 Å². The van der Waals surface area contributed by atoms with Crippen LogP contribution in [0.4, 0.5) is 18.9 Å². The van der Waals surface area contributed by atoms with Gasteiger partial charge in [0, 0.05) is 17.2 Å². The Morgan fingerprint density at radius 2 is 1.85 bits per heavy atom. The van der Waals surface area contributed by atoms with Crippen molar-refractivity contribution >= 4 is 34.4 Å². The first-order valence-electron chi connectivity index (χ1n) is 8.00. The molecule has 0 saturated carbocycles. The molecule has 1 aromatic heterocycles. The number of alkyl halides is 3. The molecule has 0 N–H and O–H groups in total. The third-order valence-corrected chi connectivity index (χ3v) is 5.27. The molecule has 0 radical (unpaired) electrons. The molecule has 0 aliphatic carbocycles. The van der Waals surface area contributed by atoms with Gasteiger partial charge in [-0.25, -0.2) is 4.98 Å². The molecular formula is C18H14F3N3OS. The van der Waals surface area contributed by atoms with E-state index in [1.165, 1.54) is 6.07 Å². The number of para-hydroxylation sites is 3. The summed E-state index contributed by atoms with van der Waals surface area (Å²) in [6.45, 7) is 0.0584. The van der Waals surface area contributed by atoms with Gasteiger partial charge in [0.05, 0.1) is 16.7 Å². The summed E-state index contributed by atoms with van der Waals surface area (Å²) < 4.78 is 41.2. The van der Waals surface area contributed by atoms with Crippen molar-refractivity contribution in [2.45, 2.75) is 17.6 Å². The Balaban J connectivity index is 1.73. The maximum absolute atomic E-state index is 13.4. The Bertz CT molecular complexity index is 983. The van der Waals surface area contributed by atoms with Crippen LogP contribution in [0, 0.1) is 0 Å². The predicted molar refractivity (Wildman–Crippen MR) is 94.3 cm³/mol. The summed E-state index contributed by atoms with van der Waals surface area (Å²) in [6, 6.07) is 13.7. The van der Waals surface area contributed by atoms with E-state index >= 15 is 0 Å². The Labute approximate surface area is 151 Å². The van der Waals surface area contributed by atoms with Crippen molar-refractivity contribution in [2.75, 3.05) is 17.2 Å². The second kappa shape index (κ2) is 6.35. The predicted octanol–water partition coefficient (Wildman–Crippen LogP) is 4.19. The third kappa shape index (κ3) is 2.94. The minimum absolute atomic E-state index is 0.224. The number of hydrogen-bond acceptors (Lipinski definition) is 3. The Morgan fingerprint density at radius 3 is 2.65 bits per heavy atom. The molecule has 0 unspecified atom stereocenters. The third-order valence-electron chi connectivity index (χ3n) is 4.23. The van der Waals surface area contributed by atoms with E-state index in [0.29, 0.717) is 17.8 Å². The molecule has 1 aliphatic rings. The largest absolute Gasteiger partial charge is 0.449 e. The molecule has 1 amide bonds. The van der Waals surface area contributed by atoms with Gasteiger partial charge in [0.25, 0.3) is 0 Å². The van der Waals surface area contributed by atoms with Gasteiger partial charge >= 0.3 is 6.18 Å². The molecule has 0 fully saturated rings. The lowest BCUT2D eigenvalue weighted by Gasteiger charge is -2.29. The van der Waals surface area contributed by atoms with E-state index < -0.39 is 18.5 Å². The van der Waals surface area contributed by atoms with Crippen molar-refractivity contribution in [3.8, 4) is 0 Å². The number of amides is 1. The number of carbonyl (C=O) groups is 1. The van der Waals surface area contributed by atoms with Crippen LogP contribution in [0.5, 0.6) is 0 Å². The molecular weight excluding hydrogens is 363 g/mol. The molecule has 8 heteroatoms. The number of benzene rings is 2. The van der Waals surface area contributed by atoms with E-state index in [-0.39, 0.29) is 11.4 Å². The molecule has 26 heavy (non-hydrogen) atoms. The SMILES string of the molecule is O=C(Cn1c(C(F)(F)F)nc2ccccc21)N1CCSc2ccccc21. The number of aromatic nitrogens is 2. The van der Waals surface area contributed by atoms with Crippen LogP contribution in [0.15, 0.2) is 53.4 Å².